The third-order valence-corrected chi connectivity index (χ3v) is 5.14. The molecule has 2 aromatic heterocycles. The zero-order valence-corrected chi connectivity index (χ0v) is 17.0. The molecular weight excluding hydrogens is 423 g/mol. The van der Waals surface area contributed by atoms with E-state index in [2.05, 4.69) is 15.5 Å². The monoisotopic (exact) mass is 440 g/mol. The van der Waals surface area contributed by atoms with E-state index in [1.54, 1.807) is 30.6 Å². The van der Waals surface area contributed by atoms with Crippen LogP contribution in [0.4, 0.5) is 4.39 Å². The lowest BCUT2D eigenvalue weighted by molar-refractivity contribution is 0.0944. The van der Waals surface area contributed by atoms with Crippen LogP contribution in [0.15, 0.2) is 59.7 Å². The number of nitrogens with one attached hydrogen (secondary N) is 2. The van der Waals surface area contributed by atoms with Crippen LogP contribution in [-0.4, -0.2) is 38.9 Å². The van der Waals surface area contributed by atoms with Crippen LogP contribution in [0.25, 0.3) is 21.9 Å². The van der Waals surface area contributed by atoms with Crippen molar-refractivity contribution in [2.45, 2.75) is 6.54 Å². The van der Waals surface area contributed by atoms with Crippen molar-refractivity contribution in [2.24, 2.45) is 0 Å². The molecule has 31 heavy (non-hydrogen) atoms. The lowest BCUT2D eigenvalue weighted by atomic mass is 10.0. The number of amides is 1. The Labute approximate surface area is 181 Å². The summed E-state index contributed by atoms with van der Waals surface area (Å²) >= 11 is 6.09. The molecule has 4 rings (SSSR count). The molecule has 0 fully saturated rings. The molecule has 0 saturated carbocycles. The van der Waals surface area contributed by atoms with Gasteiger partial charge in [-0.2, -0.15) is 5.10 Å². The third kappa shape index (κ3) is 4.35. The predicted molar refractivity (Wildman–Crippen MR) is 116 cm³/mol. The van der Waals surface area contributed by atoms with Gasteiger partial charge in [-0.3, -0.25) is 14.7 Å². The molecule has 0 unspecified atom stereocenters. The molecule has 7 nitrogen and oxygen atoms in total. The largest absolute Gasteiger partial charge is 0.395 e. The quantitative estimate of drug-likeness (QED) is 0.429. The Balaban J connectivity index is 1.66. The van der Waals surface area contributed by atoms with E-state index in [9.17, 15) is 14.0 Å². The molecular formula is C22H18ClFN4O3. The number of carbonyl (C=O) groups excluding carboxylic acids is 1. The number of fused-ring (bicyclic) bond motifs is 1. The molecule has 0 atom stereocenters. The number of carbonyl (C=O) groups is 1. The number of aliphatic hydroxyl groups is 1. The number of aliphatic hydroxyl groups excluding tert-OH is 1. The molecule has 1 amide bonds. The topological polar surface area (TPSA) is 100 Å². The Kier molecular flexibility index (Phi) is 5.83. The van der Waals surface area contributed by atoms with E-state index in [0.717, 1.165) is 22.6 Å². The van der Waals surface area contributed by atoms with Crippen LogP contribution in [0.5, 0.6) is 0 Å². The Bertz CT molecular complexity index is 1330. The average Bonchev–Trinajstić information content (AvgIpc) is 3.19. The number of pyridine rings is 1. The Hall–Kier alpha value is -3.49. The van der Waals surface area contributed by atoms with Gasteiger partial charge in [0.1, 0.15) is 11.0 Å². The molecule has 2 aromatic carbocycles. The summed E-state index contributed by atoms with van der Waals surface area (Å²) < 4.78 is 15.5. The highest BCUT2D eigenvalue weighted by Gasteiger charge is 2.12. The first kappa shape index (κ1) is 20.8. The number of aromatic nitrogens is 3. The van der Waals surface area contributed by atoms with Gasteiger partial charge in [0.05, 0.1) is 19.3 Å². The molecule has 0 bridgehead atoms. The molecule has 3 N–H and O–H groups in total. The number of rotatable bonds is 6. The van der Waals surface area contributed by atoms with Crippen molar-refractivity contribution in [3.63, 3.8) is 0 Å². The van der Waals surface area contributed by atoms with Gasteiger partial charge in [0.15, 0.2) is 0 Å². The number of aromatic amines is 1. The average molecular weight is 441 g/mol. The molecule has 0 saturated heterocycles. The molecule has 9 heteroatoms. The van der Waals surface area contributed by atoms with E-state index in [1.807, 2.05) is 6.07 Å². The maximum absolute atomic E-state index is 14.0. The van der Waals surface area contributed by atoms with Crippen LogP contribution in [0.2, 0.25) is 5.15 Å². The van der Waals surface area contributed by atoms with Crippen LogP contribution < -0.4 is 10.9 Å². The fourth-order valence-electron chi connectivity index (χ4n) is 3.39. The maximum atomic E-state index is 14.0. The van der Waals surface area contributed by atoms with Gasteiger partial charge in [-0.15, -0.1) is 0 Å². The minimum absolute atomic E-state index is 0.0703. The fraction of sp³-hybridized carbons (Fsp3) is 0.136. The van der Waals surface area contributed by atoms with E-state index < -0.39 is 11.7 Å². The second-order valence-electron chi connectivity index (χ2n) is 6.98. The zero-order valence-electron chi connectivity index (χ0n) is 16.2. The highest BCUT2D eigenvalue weighted by atomic mass is 35.5. The highest BCUT2D eigenvalue weighted by Crippen LogP contribution is 2.27. The highest BCUT2D eigenvalue weighted by molar-refractivity contribution is 6.32. The van der Waals surface area contributed by atoms with Crippen molar-refractivity contribution in [2.75, 3.05) is 13.2 Å². The standard InChI is InChI=1S/C22H18ClFN4O3/c23-20-19(11-26-27-20)14-1-2-18-15(9-14)3-5-28(22(18)31)12-13-7-16(10-17(24)8-13)21(30)25-4-6-29/h1-3,5,7-11,29H,4,6,12H2,(H,25,30)(H,26,27). The van der Waals surface area contributed by atoms with E-state index in [1.165, 1.54) is 16.7 Å². The molecule has 2 heterocycles. The van der Waals surface area contributed by atoms with Crippen molar-refractivity contribution in [1.29, 1.82) is 0 Å². The van der Waals surface area contributed by atoms with Crippen LogP contribution in [0, 0.1) is 5.82 Å². The zero-order chi connectivity index (χ0) is 22.0. The summed E-state index contributed by atoms with van der Waals surface area (Å²) in [6.07, 6.45) is 3.24. The first-order valence-electron chi connectivity index (χ1n) is 9.47. The molecule has 4 aromatic rings. The van der Waals surface area contributed by atoms with Crippen LogP contribution in [-0.2, 0) is 6.54 Å². The van der Waals surface area contributed by atoms with Gasteiger partial charge >= 0.3 is 0 Å². The van der Waals surface area contributed by atoms with Crippen molar-refractivity contribution < 1.29 is 14.3 Å². The molecule has 0 spiro atoms. The minimum atomic E-state index is -0.581. The number of benzene rings is 2. The van der Waals surface area contributed by atoms with Gasteiger partial charge in [-0.1, -0.05) is 17.7 Å². The number of H-pyrrole nitrogens is 1. The Morgan fingerprint density at radius 3 is 2.81 bits per heavy atom. The lowest BCUT2D eigenvalue weighted by Crippen LogP contribution is -2.26. The number of hydrogen-bond acceptors (Lipinski definition) is 4. The van der Waals surface area contributed by atoms with Crippen molar-refractivity contribution >= 4 is 28.3 Å². The van der Waals surface area contributed by atoms with Gasteiger partial charge < -0.3 is 15.0 Å². The summed E-state index contributed by atoms with van der Waals surface area (Å²) in [4.78, 5) is 25.0. The number of nitrogens with zero attached hydrogens (tertiary/aromatic N) is 2. The molecule has 0 radical (unpaired) electrons. The van der Waals surface area contributed by atoms with Crippen molar-refractivity contribution in [1.82, 2.24) is 20.1 Å². The number of halogens is 2. The van der Waals surface area contributed by atoms with Gasteiger partial charge in [0.25, 0.3) is 11.5 Å². The van der Waals surface area contributed by atoms with Crippen LogP contribution >= 0.6 is 11.6 Å². The second-order valence-corrected chi connectivity index (χ2v) is 7.35. The van der Waals surface area contributed by atoms with Crippen LogP contribution in [0.1, 0.15) is 15.9 Å². The van der Waals surface area contributed by atoms with Crippen LogP contribution in [0.3, 0.4) is 0 Å². The molecule has 0 aliphatic rings. The first-order valence-corrected chi connectivity index (χ1v) is 9.85. The summed E-state index contributed by atoms with van der Waals surface area (Å²) in [5, 5.41) is 19.5. The van der Waals surface area contributed by atoms with E-state index in [0.29, 0.717) is 16.1 Å². The summed E-state index contributed by atoms with van der Waals surface area (Å²) in [6, 6.07) is 11.1. The fourth-order valence-corrected chi connectivity index (χ4v) is 3.60. The second kappa shape index (κ2) is 8.71. The lowest BCUT2D eigenvalue weighted by Gasteiger charge is -2.10. The summed E-state index contributed by atoms with van der Waals surface area (Å²) in [7, 11) is 0. The Morgan fingerprint density at radius 2 is 2.06 bits per heavy atom. The van der Waals surface area contributed by atoms with E-state index >= 15 is 0 Å². The predicted octanol–water partition coefficient (Wildman–Crippen LogP) is 2.95. The van der Waals surface area contributed by atoms with Gasteiger partial charge in [-0.25, -0.2) is 4.39 Å². The third-order valence-electron chi connectivity index (χ3n) is 4.85. The van der Waals surface area contributed by atoms with Crippen molar-refractivity contribution in [3.8, 4) is 11.1 Å². The van der Waals surface area contributed by atoms with E-state index in [4.69, 9.17) is 16.7 Å². The maximum Gasteiger partial charge on any atom is 0.258 e. The summed E-state index contributed by atoms with van der Waals surface area (Å²) in [6.45, 7) is -0.0438. The first-order chi connectivity index (χ1) is 15.0. The molecule has 0 aliphatic carbocycles. The number of hydrogen-bond donors (Lipinski definition) is 3. The SMILES string of the molecule is O=C(NCCO)c1cc(F)cc(Cn2ccc3cc(-c4cn[nH]c4Cl)ccc3c2=O)c1. The normalized spacial score (nSPS) is 11.1. The van der Waals surface area contributed by atoms with E-state index in [-0.39, 0.29) is 30.8 Å². The summed E-state index contributed by atoms with van der Waals surface area (Å²) in [5.41, 5.74) is 1.92. The van der Waals surface area contributed by atoms with Gasteiger partial charge in [0.2, 0.25) is 0 Å². The smallest absolute Gasteiger partial charge is 0.258 e. The Morgan fingerprint density at radius 1 is 1.23 bits per heavy atom. The molecule has 0 aliphatic heterocycles. The van der Waals surface area contributed by atoms with Gasteiger partial charge in [0, 0.05) is 29.3 Å². The van der Waals surface area contributed by atoms with Gasteiger partial charge in [-0.05, 0) is 52.9 Å². The molecule has 158 valence electrons. The minimum Gasteiger partial charge on any atom is -0.395 e. The summed E-state index contributed by atoms with van der Waals surface area (Å²) in [5.74, 6) is -1.08. The van der Waals surface area contributed by atoms with Crippen molar-refractivity contribution in [3.05, 3.63) is 87.3 Å².